The molecular weight excluding hydrogens is 338 g/mol. The first-order valence-electron chi connectivity index (χ1n) is 8.39. The largest absolute Gasteiger partial charge is 0.497 e. The predicted molar refractivity (Wildman–Crippen MR) is 92.9 cm³/mol. The fourth-order valence-electron chi connectivity index (χ4n) is 2.89. The van der Waals surface area contributed by atoms with E-state index < -0.39 is 0 Å². The highest BCUT2D eigenvalue weighted by Gasteiger charge is 2.25. The van der Waals surface area contributed by atoms with Crippen molar-refractivity contribution in [3.63, 3.8) is 0 Å². The van der Waals surface area contributed by atoms with E-state index in [9.17, 15) is 4.79 Å². The highest BCUT2D eigenvalue weighted by molar-refractivity contribution is 5.97. The van der Waals surface area contributed by atoms with E-state index in [0.717, 1.165) is 13.1 Å². The second-order valence-corrected chi connectivity index (χ2v) is 5.94. The van der Waals surface area contributed by atoms with Crippen molar-refractivity contribution < 1.29 is 18.8 Å². The number of amides is 1. The lowest BCUT2D eigenvalue weighted by molar-refractivity contribution is 0.0621. The van der Waals surface area contributed by atoms with E-state index in [1.807, 2.05) is 4.90 Å². The molecule has 2 heterocycles. The van der Waals surface area contributed by atoms with Crippen LogP contribution >= 0.6 is 0 Å². The van der Waals surface area contributed by atoms with Gasteiger partial charge < -0.3 is 24.6 Å². The molecule has 1 fully saturated rings. The van der Waals surface area contributed by atoms with Crippen LogP contribution in [0.4, 0.5) is 0 Å². The van der Waals surface area contributed by atoms with Crippen LogP contribution in [0.5, 0.6) is 11.5 Å². The van der Waals surface area contributed by atoms with Gasteiger partial charge in [0.2, 0.25) is 5.89 Å². The molecule has 0 unspecified atom stereocenters. The molecule has 2 N–H and O–H groups in total. The van der Waals surface area contributed by atoms with Crippen molar-refractivity contribution in [2.24, 2.45) is 5.73 Å². The van der Waals surface area contributed by atoms with E-state index in [1.165, 1.54) is 0 Å². The van der Waals surface area contributed by atoms with Gasteiger partial charge in [-0.25, -0.2) is 0 Å². The van der Waals surface area contributed by atoms with Crippen LogP contribution in [0.15, 0.2) is 22.7 Å². The third-order valence-corrected chi connectivity index (χ3v) is 4.35. The number of benzene rings is 1. The van der Waals surface area contributed by atoms with Gasteiger partial charge in [0.15, 0.2) is 5.82 Å². The number of nitrogens with zero attached hydrogens (tertiary/aromatic N) is 4. The molecule has 1 amide bonds. The zero-order valence-corrected chi connectivity index (χ0v) is 15.0. The first-order valence-corrected chi connectivity index (χ1v) is 8.39. The number of methoxy groups -OCH3 is 2. The average molecular weight is 361 g/mol. The average Bonchev–Trinajstić information content (AvgIpc) is 3.15. The highest BCUT2D eigenvalue weighted by Crippen LogP contribution is 2.26. The second kappa shape index (κ2) is 8.15. The number of hydrogen-bond acceptors (Lipinski definition) is 8. The van der Waals surface area contributed by atoms with Crippen molar-refractivity contribution in [1.82, 2.24) is 19.9 Å². The minimum absolute atomic E-state index is 0.0471. The Kier molecular flexibility index (Phi) is 5.69. The lowest BCUT2D eigenvalue weighted by Gasteiger charge is -2.34. The van der Waals surface area contributed by atoms with Crippen molar-refractivity contribution in [2.45, 2.75) is 13.1 Å². The Bertz CT molecular complexity index is 755. The van der Waals surface area contributed by atoms with Crippen LogP contribution in [0.2, 0.25) is 0 Å². The molecule has 140 valence electrons. The molecule has 9 nitrogen and oxygen atoms in total. The molecule has 1 aromatic carbocycles. The molecule has 9 heteroatoms. The minimum atomic E-state index is -0.0471. The lowest BCUT2D eigenvalue weighted by atomic mass is 10.1. The van der Waals surface area contributed by atoms with E-state index in [0.29, 0.717) is 48.4 Å². The molecule has 0 saturated carbocycles. The first-order chi connectivity index (χ1) is 12.6. The van der Waals surface area contributed by atoms with Gasteiger partial charge in [-0.2, -0.15) is 4.98 Å². The SMILES string of the molecule is COc1ccc(C(=O)N2CCN(Cc3noc(CN)n3)CC2)c(OC)c1. The molecule has 1 aliphatic rings. The van der Waals surface area contributed by atoms with Crippen LogP contribution in [-0.2, 0) is 13.1 Å². The Labute approximate surface area is 151 Å². The summed E-state index contributed by atoms with van der Waals surface area (Å²) in [6, 6.07) is 5.21. The summed E-state index contributed by atoms with van der Waals surface area (Å²) in [7, 11) is 3.12. The monoisotopic (exact) mass is 361 g/mol. The number of ether oxygens (including phenoxy) is 2. The molecule has 1 aliphatic heterocycles. The summed E-state index contributed by atoms with van der Waals surface area (Å²) >= 11 is 0. The van der Waals surface area contributed by atoms with Gasteiger partial charge in [0, 0.05) is 32.2 Å². The Balaban J connectivity index is 1.60. The molecule has 0 radical (unpaired) electrons. The lowest BCUT2D eigenvalue weighted by Crippen LogP contribution is -2.48. The van der Waals surface area contributed by atoms with Crippen LogP contribution in [0.1, 0.15) is 22.1 Å². The zero-order valence-electron chi connectivity index (χ0n) is 15.0. The summed E-state index contributed by atoms with van der Waals surface area (Å²) < 4.78 is 15.5. The van der Waals surface area contributed by atoms with E-state index in [-0.39, 0.29) is 12.5 Å². The van der Waals surface area contributed by atoms with Gasteiger partial charge in [-0.05, 0) is 12.1 Å². The number of piperazine rings is 1. The quantitative estimate of drug-likeness (QED) is 0.793. The van der Waals surface area contributed by atoms with Gasteiger partial charge in [-0.15, -0.1) is 0 Å². The van der Waals surface area contributed by atoms with Crippen molar-refractivity contribution in [3.05, 3.63) is 35.5 Å². The van der Waals surface area contributed by atoms with Gasteiger partial charge in [0.05, 0.1) is 32.9 Å². The van der Waals surface area contributed by atoms with Crippen molar-refractivity contribution >= 4 is 5.91 Å². The summed E-state index contributed by atoms with van der Waals surface area (Å²) in [6.07, 6.45) is 0. The van der Waals surface area contributed by atoms with E-state index in [2.05, 4.69) is 15.0 Å². The fraction of sp³-hybridized carbons (Fsp3) is 0.471. The molecule has 26 heavy (non-hydrogen) atoms. The van der Waals surface area contributed by atoms with E-state index in [4.69, 9.17) is 19.7 Å². The summed E-state index contributed by atoms with van der Waals surface area (Å²) in [5, 5.41) is 3.91. The number of aromatic nitrogens is 2. The van der Waals surface area contributed by atoms with Crippen molar-refractivity contribution in [1.29, 1.82) is 0 Å². The van der Waals surface area contributed by atoms with Gasteiger partial charge >= 0.3 is 0 Å². The fourth-order valence-corrected chi connectivity index (χ4v) is 2.89. The maximum Gasteiger partial charge on any atom is 0.257 e. The molecule has 1 saturated heterocycles. The van der Waals surface area contributed by atoms with Crippen LogP contribution in [0, 0.1) is 0 Å². The van der Waals surface area contributed by atoms with E-state index in [1.54, 1.807) is 32.4 Å². The molecule has 0 spiro atoms. The minimum Gasteiger partial charge on any atom is -0.497 e. The number of carbonyl (C=O) groups excluding carboxylic acids is 1. The molecular formula is C17H23N5O4. The second-order valence-electron chi connectivity index (χ2n) is 5.94. The smallest absolute Gasteiger partial charge is 0.257 e. The number of nitrogens with two attached hydrogens (primary N) is 1. The predicted octanol–water partition coefficient (Wildman–Crippen LogP) is 0.504. The Morgan fingerprint density at radius 1 is 1.23 bits per heavy atom. The summed E-state index contributed by atoms with van der Waals surface area (Å²) in [6.45, 7) is 3.52. The van der Waals surface area contributed by atoms with Gasteiger partial charge in [0.1, 0.15) is 11.5 Å². The number of rotatable bonds is 6. The molecule has 1 aromatic heterocycles. The Hall–Kier alpha value is -2.65. The number of carbonyl (C=O) groups is 1. The molecule has 0 atom stereocenters. The Morgan fingerprint density at radius 2 is 2.00 bits per heavy atom. The van der Waals surface area contributed by atoms with Gasteiger partial charge in [-0.1, -0.05) is 5.16 Å². The first kappa shape index (κ1) is 18.2. The topological polar surface area (TPSA) is 107 Å². The van der Waals surface area contributed by atoms with Gasteiger partial charge in [0.25, 0.3) is 5.91 Å². The summed E-state index contributed by atoms with van der Waals surface area (Å²) in [5.41, 5.74) is 6.01. The Morgan fingerprint density at radius 3 is 2.62 bits per heavy atom. The van der Waals surface area contributed by atoms with Crippen LogP contribution < -0.4 is 15.2 Å². The summed E-state index contributed by atoms with van der Waals surface area (Å²) in [4.78, 5) is 21.0. The molecule has 3 rings (SSSR count). The van der Waals surface area contributed by atoms with Crippen LogP contribution in [0.3, 0.4) is 0 Å². The normalized spacial score (nSPS) is 15.1. The number of hydrogen-bond donors (Lipinski definition) is 1. The summed E-state index contributed by atoms with van der Waals surface area (Å²) in [5.74, 6) is 2.16. The van der Waals surface area contributed by atoms with Crippen molar-refractivity contribution in [3.8, 4) is 11.5 Å². The standard InChI is InChI=1S/C17H23N5O4/c1-24-12-3-4-13(14(9-12)25-2)17(23)22-7-5-21(6-8-22)11-15-19-16(10-18)26-20-15/h3-4,9H,5-8,10-11,18H2,1-2H3. The maximum atomic E-state index is 12.8. The third-order valence-electron chi connectivity index (χ3n) is 4.35. The zero-order chi connectivity index (χ0) is 18.5. The molecule has 0 aliphatic carbocycles. The molecule has 2 aromatic rings. The van der Waals surface area contributed by atoms with Crippen molar-refractivity contribution in [2.75, 3.05) is 40.4 Å². The van der Waals surface area contributed by atoms with Crippen LogP contribution in [0.25, 0.3) is 0 Å². The van der Waals surface area contributed by atoms with Gasteiger partial charge in [-0.3, -0.25) is 9.69 Å². The van der Waals surface area contributed by atoms with E-state index >= 15 is 0 Å². The maximum absolute atomic E-state index is 12.8. The highest BCUT2D eigenvalue weighted by atomic mass is 16.5. The molecule has 0 bridgehead atoms. The van der Waals surface area contributed by atoms with Crippen LogP contribution in [-0.4, -0.2) is 66.2 Å². The third kappa shape index (κ3) is 3.94.